The fraction of sp³-hybridized carbons (Fsp3) is 0.375. The van der Waals surface area contributed by atoms with Gasteiger partial charge in [0.2, 0.25) is 0 Å². The molecule has 2 aromatic rings. The van der Waals surface area contributed by atoms with Gasteiger partial charge >= 0.3 is 0 Å². The van der Waals surface area contributed by atoms with E-state index >= 15 is 0 Å². The summed E-state index contributed by atoms with van der Waals surface area (Å²) < 4.78 is 0. The lowest BCUT2D eigenvalue weighted by molar-refractivity contribution is 0.302. The topological polar surface area (TPSA) is 78.5 Å². The average Bonchev–Trinajstić information content (AvgIpc) is 2.54. The number of aliphatic hydroxyl groups excluding tert-OH is 1. The lowest BCUT2D eigenvalue weighted by atomic mass is 10.2. The van der Waals surface area contributed by atoms with Crippen molar-refractivity contribution in [2.75, 3.05) is 42.3 Å². The van der Waals surface area contributed by atoms with Gasteiger partial charge in [0, 0.05) is 26.7 Å². The summed E-state index contributed by atoms with van der Waals surface area (Å²) in [7, 11) is 1.96. The molecule has 6 heteroatoms. The maximum Gasteiger partial charge on any atom is 0.157 e. The molecule has 2 rings (SSSR count). The number of aromatic nitrogens is 2. The Bertz CT molecular complexity index is 590. The normalized spacial score (nSPS) is 10.5. The van der Waals surface area contributed by atoms with Gasteiger partial charge in [-0.1, -0.05) is 30.3 Å². The van der Waals surface area contributed by atoms with Crippen molar-refractivity contribution in [3.05, 3.63) is 42.2 Å². The summed E-state index contributed by atoms with van der Waals surface area (Å²) >= 11 is 0. The maximum absolute atomic E-state index is 9.16. The van der Waals surface area contributed by atoms with Crippen LogP contribution >= 0.6 is 0 Å². The molecule has 118 valence electrons. The molecule has 0 fully saturated rings. The minimum atomic E-state index is 0.0620. The Kier molecular flexibility index (Phi) is 5.55. The predicted octanol–water partition coefficient (Wildman–Crippen LogP) is 1.51. The lowest BCUT2D eigenvalue weighted by Gasteiger charge is -2.25. The highest BCUT2D eigenvalue weighted by atomic mass is 16.3. The van der Waals surface area contributed by atoms with Crippen LogP contribution in [-0.2, 0) is 6.54 Å². The third-order valence-corrected chi connectivity index (χ3v) is 3.52. The second-order valence-corrected chi connectivity index (χ2v) is 5.08. The second kappa shape index (κ2) is 7.61. The Morgan fingerprint density at radius 3 is 2.45 bits per heavy atom. The third-order valence-electron chi connectivity index (χ3n) is 3.52. The Morgan fingerprint density at radius 2 is 1.82 bits per heavy atom. The van der Waals surface area contributed by atoms with Crippen molar-refractivity contribution in [2.45, 2.75) is 13.5 Å². The van der Waals surface area contributed by atoms with E-state index in [1.165, 1.54) is 11.9 Å². The van der Waals surface area contributed by atoms with Crippen LogP contribution in [0.3, 0.4) is 0 Å². The molecule has 0 bridgehead atoms. The molecular weight excluding hydrogens is 278 g/mol. The van der Waals surface area contributed by atoms with E-state index in [0.29, 0.717) is 30.4 Å². The fourth-order valence-electron chi connectivity index (χ4n) is 2.40. The number of likely N-dealkylation sites (N-methyl/N-ethyl adjacent to an activating group) is 1. The molecule has 0 aliphatic heterocycles. The van der Waals surface area contributed by atoms with Gasteiger partial charge in [-0.25, -0.2) is 9.97 Å². The van der Waals surface area contributed by atoms with Gasteiger partial charge in [-0.15, -0.1) is 0 Å². The van der Waals surface area contributed by atoms with E-state index in [2.05, 4.69) is 22.1 Å². The molecule has 6 nitrogen and oxygen atoms in total. The minimum absolute atomic E-state index is 0.0620. The second-order valence-electron chi connectivity index (χ2n) is 5.08. The summed E-state index contributed by atoms with van der Waals surface area (Å²) in [6.07, 6.45) is 1.52. The van der Waals surface area contributed by atoms with Crippen molar-refractivity contribution in [1.29, 1.82) is 0 Å². The van der Waals surface area contributed by atoms with Crippen molar-refractivity contribution < 1.29 is 5.11 Å². The highest BCUT2D eigenvalue weighted by Crippen LogP contribution is 2.28. The SMILES string of the molecule is CCN(CCO)c1ncnc(N(C)Cc2ccccc2)c1N. The van der Waals surface area contributed by atoms with Crippen molar-refractivity contribution >= 4 is 17.3 Å². The molecule has 1 aromatic heterocycles. The van der Waals surface area contributed by atoms with Gasteiger partial charge in [0.05, 0.1) is 6.61 Å². The first-order valence-electron chi connectivity index (χ1n) is 7.38. The summed E-state index contributed by atoms with van der Waals surface area (Å²) in [6, 6.07) is 10.2. The largest absolute Gasteiger partial charge is 0.395 e. The summed E-state index contributed by atoms with van der Waals surface area (Å²) in [5, 5.41) is 9.16. The van der Waals surface area contributed by atoms with E-state index in [-0.39, 0.29) is 6.61 Å². The van der Waals surface area contributed by atoms with Gasteiger partial charge in [-0.3, -0.25) is 0 Å². The minimum Gasteiger partial charge on any atom is -0.395 e. The van der Waals surface area contributed by atoms with Gasteiger partial charge in [-0.05, 0) is 12.5 Å². The Labute approximate surface area is 131 Å². The first kappa shape index (κ1) is 16.0. The number of aliphatic hydroxyl groups is 1. The molecule has 22 heavy (non-hydrogen) atoms. The molecule has 0 unspecified atom stereocenters. The van der Waals surface area contributed by atoms with Crippen LogP contribution in [0.15, 0.2) is 36.7 Å². The summed E-state index contributed by atoms with van der Waals surface area (Å²) in [5.41, 5.74) is 7.98. The molecule has 1 aromatic carbocycles. The van der Waals surface area contributed by atoms with Crippen LogP contribution in [0.25, 0.3) is 0 Å². The molecule has 3 N–H and O–H groups in total. The number of nitrogen functional groups attached to an aromatic ring is 1. The zero-order chi connectivity index (χ0) is 15.9. The van der Waals surface area contributed by atoms with E-state index < -0.39 is 0 Å². The predicted molar refractivity (Wildman–Crippen MR) is 90.0 cm³/mol. The number of rotatable bonds is 7. The van der Waals surface area contributed by atoms with E-state index in [4.69, 9.17) is 10.8 Å². The summed E-state index contributed by atoms with van der Waals surface area (Å²) in [4.78, 5) is 12.5. The van der Waals surface area contributed by atoms with Crippen molar-refractivity contribution in [3.63, 3.8) is 0 Å². The lowest BCUT2D eigenvalue weighted by Crippen LogP contribution is -2.29. The molecule has 0 saturated carbocycles. The molecule has 0 saturated heterocycles. The van der Waals surface area contributed by atoms with Crippen LogP contribution in [-0.4, -0.2) is 41.8 Å². The molecule has 0 aliphatic rings. The number of benzene rings is 1. The summed E-state index contributed by atoms with van der Waals surface area (Å²) in [5.74, 6) is 1.37. The zero-order valence-electron chi connectivity index (χ0n) is 13.1. The van der Waals surface area contributed by atoms with Gasteiger partial charge < -0.3 is 20.6 Å². The molecule has 0 amide bonds. The Morgan fingerprint density at radius 1 is 1.14 bits per heavy atom. The van der Waals surface area contributed by atoms with Crippen molar-refractivity contribution in [2.24, 2.45) is 0 Å². The van der Waals surface area contributed by atoms with Gasteiger partial charge in [0.25, 0.3) is 0 Å². The summed E-state index contributed by atoms with van der Waals surface area (Å²) in [6.45, 7) is 4.01. The number of nitrogens with two attached hydrogens (primary N) is 1. The van der Waals surface area contributed by atoms with Gasteiger partial charge in [0.15, 0.2) is 11.6 Å². The molecule has 0 atom stereocenters. The smallest absolute Gasteiger partial charge is 0.157 e. The molecular formula is C16H23N5O. The molecule has 0 spiro atoms. The number of anilines is 3. The maximum atomic E-state index is 9.16. The van der Waals surface area contributed by atoms with E-state index in [1.807, 2.05) is 42.0 Å². The Hall–Kier alpha value is -2.34. The Balaban J connectivity index is 2.24. The fourth-order valence-corrected chi connectivity index (χ4v) is 2.40. The van der Waals surface area contributed by atoms with E-state index in [0.717, 1.165) is 6.54 Å². The molecule has 1 heterocycles. The third kappa shape index (κ3) is 3.65. The van der Waals surface area contributed by atoms with Crippen LogP contribution in [0, 0.1) is 0 Å². The van der Waals surface area contributed by atoms with Crippen LogP contribution in [0.1, 0.15) is 12.5 Å². The van der Waals surface area contributed by atoms with Crippen LogP contribution in [0.5, 0.6) is 0 Å². The highest BCUT2D eigenvalue weighted by Gasteiger charge is 2.16. The zero-order valence-corrected chi connectivity index (χ0v) is 13.1. The molecule has 0 aliphatic carbocycles. The quantitative estimate of drug-likeness (QED) is 0.807. The number of nitrogens with zero attached hydrogens (tertiary/aromatic N) is 4. The average molecular weight is 301 g/mol. The van der Waals surface area contributed by atoms with Crippen molar-refractivity contribution in [1.82, 2.24) is 9.97 Å². The van der Waals surface area contributed by atoms with E-state index in [1.54, 1.807) is 0 Å². The number of hydrogen-bond acceptors (Lipinski definition) is 6. The van der Waals surface area contributed by atoms with Gasteiger partial charge in [0.1, 0.15) is 12.0 Å². The van der Waals surface area contributed by atoms with Gasteiger partial charge in [-0.2, -0.15) is 0 Å². The first-order valence-corrected chi connectivity index (χ1v) is 7.38. The monoisotopic (exact) mass is 301 g/mol. The first-order chi connectivity index (χ1) is 10.7. The van der Waals surface area contributed by atoms with E-state index in [9.17, 15) is 0 Å². The number of hydrogen-bond donors (Lipinski definition) is 2. The van der Waals surface area contributed by atoms with Crippen molar-refractivity contribution in [3.8, 4) is 0 Å². The highest BCUT2D eigenvalue weighted by molar-refractivity contribution is 5.75. The van der Waals surface area contributed by atoms with Crippen LogP contribution in [0.4, 0.5) is 17.3 Å². The molecule has 0 radical (unpaired) electrons. The van der Waals surface area contributed by atoms with Crippen LogP contribution < -0.4 is 15.5 Å². The van der Waals surface area contributed by atoms with Crippen LogP contribution in [0.2, 0.25) is 0 Å². The standard InChI is InChI=1S/C16H23N5O/c1-3-21(9-10-22)16-14(17)15(18-12-19-16)20(2)11-13-7-5-4-6-8-13/h4-8,12,22H,3,9-11,17H2,1-2H3.